The number of ether oxygens (including phenoxy) is 1. The van der Waals surface area contributed by atoms with Gasteiger partial charge in [-0.2, -0.15) is 0 Å². The van der Waals surface area contributed by atoms with Gasteiger partial charge in [0.05, 0.1) is 21.8 Å². The molecular formula is C32H29BrClN3O3S. The number of carbonyl (C=O) groups excluding carboxylic acids is 1. The largest absolute Gasteiger partial charge is 0.489 e. The van der Waals surface area contributed by atoms with Crippen LogP contribution in [-0.4, -0.2) is 28.5 Å². The number of benzene rings is 3. The molecule has 0 saturated heterocycles. The maximum Gasteiger partial charge on any atom is 0.271 e. The van der Waals surface area contributed by atoms with Crippen molar-refractivity contribution >= 4 is 50.9 Å². The molecule has 0 aliphatic carbocycles. The lowest BCUT2D eigenvalue weighted by Gasteiger charge is -2.29. The molecule has 3 aromatic carbocycles. The van der Waals surface area contributed by atoms with Gasteiger partial charge < -0.3 is 9.64 Å². The topological polar surface area (TPSA) is 63.9 Å². The summed E-state index contributed by atoms with van der Waals surface area (Å²) in [6, 6.07) is 22.3. The molecule has 4 aromatic rings. The van der Waals surface area contributed by atoms with Crippen LogP contribution in [0.2, 0.25) is 5.02 Å². The first kappa shape index (κ1) is 29.0. The average Bonchev–Trinajstić information content (AvgIpc) is 3.27. The number of likely N-dealkylation sites (N-methyl/N-ethyl adjacent to an activating group) is 1. The van der Waals surface area contributed by atoms with E-state index in [2.05, 4.69) is 15.9 Å². The molecule has 1 aliphatic heterocycles. The Labute approximate surface area is 256 Å². The van der Waals surface area contributed by atoms with Gasteiger partial charge in [-0.15, -0.1) is 0 Å². The molecule has 210 valence electrons. The SMILES string of the molecule is CCN(CC)C(=O)C1=C(C)N=c2s/c(=C/c3ccc(OCc4ccc(Br)cc4)cc3)c(=O)n2[C@@H]1c1ccc(Cl)cc1. The molecule has 2 heterocycles. The fourth-order valence-electron chi connectivity index (χ4n) is 4.80. The molecule has 6 nitrogen and oxygen atoms in total. The number of halogens is 2. The Morgan fingerprint density at radius 1 is 1.05 bits per heavy atom. The highest BCUT2D eigenvalue weighted by Crippen LogP contribution is 2.32. The van der Waals surface area contributed by atoms with Crippen LogP contribution in [0.15, 0.2) is 98.3 Å². The van der Waals surface area contributed by atoms with E-state index in [0.29, 0.717) is 45.3 Å². The lowest BCUT2D eigenvalue weighted by molar-refractivity contribution is -0.127. The summed E-state index contributed by atoms with van der Waals surface area (Å²) in [5.41, 5.74) is 3.66. The number of aromatic nitrogens is 1. The maximum absolute atomic E-state index is 13.9. The number of carbonyl (C=O) groups is 1. The van der Waals surface area contributed by atoms with Crippen LogP contribution < -0.4 is 19.6 Å². The monoisotopic (exact) mass is 649 g/mol. The van der Waals surface area contributed by atoms with Gasteiger partial charge >= 0.3 is 0 Å². The van der Waals surface area contributed by atoms with Crippen molar-refractivity contribution in [1.82, 2.24) is 9.47 Å². The zero-order valence-corrected chi connectivity index (χ0v) is 26.1. The molecular weight excluding hydrogens is 622 g/mol. The maximum atomic E-state index is 13.9. The molecule has 0 fully saturated rings. The minimum absolute atomic E-state index is 0.121. The van der Waals surface area contributed by atoms with Gasteiger partial charge in [-0.1, -0.05) is 75.3 Å². The third-order valence-electron chi connectivity index (χ3n) is 6.99. The van der Waals surface area contributed by atoms with E-state index in [1.54, 1.807) is 21.6 Å². The molecule has 1 aromatic heterocycles. The minimum Gasteiger partial charge on any atom is -0.489 e. The van der Waals surface area contributed by atoms with Gasteiger partial charge in [0.1, 0.15) is 12.4 Å². The second-order valence-corrected chi connectivity index (χ2v) is 12.0. The Morgan fingerprint density at radius 3 is 2.34 bits per heavy atom. The minimum atomic E-state index is -0.604. The van der Waals surface area contributed by atoms with E-state index in [0.717, 1.165) is 26.9 Å². The van der Waals surface area contributed by atoms with Crippen LogP contribution in [0.25, 0.3) is 6.08 Å². The van der Waals surface area contributed by atoms with E-state index in [1.807, 2.05) is 87.5 Å². The van der Waals surface area contributed by atoms with Crippen molar-refractivity contribution in [3.8, 4) is 5.75 Å². The lowest BCUT2D eigenvalue weighted by atomic mass is 9.94. The Balaban J connectivity index is 1.50. The highest BCUT2D eigenvalue weighted by molar-refractivity contribution is 9.10. The van der Waals surface area contributed by atoms with Gasteiger partial charge in [0.2, 0.25) is 0 Å². The summed E-state index contributed by atoms with van der Waals surface area (Å²) in [7, 11) is 0. The number of hydrogen-bond acceptors (Lipinski definition) is 5. The molecule has 1 aliphatic rings. The van der Waals surface area contributed by atoms with Crippen LogP contribution in [-0.2, 0) is 11.4 Å². The summed E-state index contributed by atoms with van der Waals surface area (Å²) in [6.07, 6.45) is 1.85. The highest BCUT2D eigenvalue weighted by atomic mass is 79.9. The first-order chi connectivity index (χ1) is 19.8. The molecule has 5 rings (SSSR count). The molecule has 1 amide bonds. The summed E-state index contributed by atoms with van der Waals surface area (Å²) in [4.78, 5) is 34.6. The van der Waals surface area contributed by atoms with Crippen molar-refractivity contribution in [2.45, 2.75) is 33.4 Å². The first-order valence-corrected chi connectivity index (χ1v) is 15.3. The molecule has 0 N–H and O–H groups in total. The number of hydrogen-bond donors (Lipinski definition) is 0. The molecule has 9 heteroatoms. The summed E-state index contributed by atoms with van der Waals surface area (Å²) < 4.78 is 9.12. The molecule has 0 radical (unpaired) electrons. The Morgan fingerprint density at radius 2 is 1.71 bits per heavy atom. The smallest absolute Gasteiger partial charge is 0.271 e. The molecule has 0 saturated carbocycles. The van der Waals surface area contributed by atoms with Gasteiger partial charge in [-0.3, -0.25) is 14.2 Å². The predicted octanol–water partition coefficient (Wildman–Crippen LogP) is 6.10. The van der Waals surface area contributed by atoms with Crippen molar-refractivity contribution in [2.75, 3.05) is 13.1 Å². The Kier molecular flexibility index (Phi) is 8.92. The lowest BCUT2D eigenvalue weighted by Crippen LogP contribution is -2.43. The molecule has 0 bridgehead atoms. The van der Waals surface area contributed by atoms with E-state index in [-0.39, 0.29) is 11.5 Å². The molecule has 1 atom stereocenters. The number of fused-ring (bicyclic) bond motifs is 1. The zero-order valence-electron chi connectivity index (χ0n) is 22.9. The van der Waals surface area contributed by atoms with Gasteiger partial charge in [-0.25, -0.2) is 4.99 Å². The van der Waals surface area contributed by atoms with Gasteiger partial charge in [0, 0.05) is 22.6 Å². The number of allylic oxidation sites excluding steroid dienone is 1. The molecule has 0 unspecified atom stereocenters. The van der Waals surface area contributed by atoms with Crippen LogP contribution in [0, 0.1) is 0 Å². The summed E-state index contributed by atoms with van der Waals surface area (Å²) in [5, 5.41) is 0.586. The quantitative estimate of drug-likeness (QED) is 0.232. The standard InChI is InChI=1S/C32H29BrClN3O3S/c1-4-36(5-2)31(39)28-20(3)35-32-37(29(28)23-10-14-25(34)15-11-23)30(38)27(41-32)18-21-8-16-26(17-9-21)40-19-22-6-12-24(33)13-7-22/h6-18,29H,4-5,19H2,1-3H3/b27-18+/t29-/m1/s1. The molecule has 41 heavy (non-hydrogen) atoms. The van der Waals surface area contributed by atoms with Crippen LogP contribution in [0.3, 0.4) is 0 Å². The van der Waals surface area contributed by atoms with Gasteiger partial charge in [-0.05, 0) is 79.9 Å². The summed E-state index contributed by atoms with van der Waals surface area (Å²) >= 11 is 10.9. The van der Waals surface area contributed by atoms with Crippen molar-refractivity contribution in [3.05, 3.63) is 130 Å². The van der Waals surface area contributed by atoms with E-state index < -0.39 is 6.04 Å². The normalized spacial score (nSPS) is 15.0. The van der Waals surface area contributed by atoms with Crippen LogP contribution in [0.1, 0.15) is 43.5 Å². The van der Waals surface area contributed by atoms with E-state index >= 15 is 0 Å². The van der Waals surface area contributed by atoms with Gasteiger partial charge in [0.15, 0.2) is 4.80 Å². The average molecular weight is 651 g/mol. The highest BCUT2D eigenvalue weighted by Gasteiger charge is 2.34. The third-order valence-corrected chi connectivity index (χ3v) is 8.75. The second-order valence-electron chi connectivity index (χ2n) is 9.59. The van der Waals surface area contributed by atoms with Crippen molar-refractivity contribution in [3.63, 3.8) is 0 Å². The first-order valence-electron chi connectivity index (χ1n) is 13.3. The fourth-order valence-corrected chi connectivity index (χ4v) is 6.23. The van der Waals surface area contributed by atoms with E-state index in [9.17, 15) is 9.59 Å². The number of rotatable bonds is 8. The number of amides is 1. The second kappa shape index (κ2) is 12.6. The van der Waals surface area contributed by atoms with E-state index in [1.165, 1.54) is 11.3 Å². The van der Waals surface area contributed by atoms with Crippen molar-refractivity contribution in [1.29, 1.82) is 0 Å². The van der Waals surface area contributed by atoms with Crippen LogP contribution in [0.4, 0.5) is 0 Å². The fraction of sp³-hybridized carbons (Fsp3) is 0.219. The van der Waals surface area contributed by atoms with Crippen LogP contribution in [0.5, 0.6) is 5.75 Å². The number of thiazole rings is 1. The van der Waals surface area contributed by atoms with Crippen LogP contribution >= 0.6 is 38.9 Å². The summed E-state index contributed by atoms with van der Waals surface area (Å²) in [5.74, 6) is 0.619. The Bertz CT molecular complexity index is 1770. The predicted molar refractivity (Wildman–Crippen MR) is 168 cm³/mol. The molecule has 0 spiro atoms. The number of nitrogens with zero attached hydrogens (tertiary/aromatic N) is 3. The van der Waals surface area contributed by atoms with Crippen molar-refractivity contribution < 1.29 is 9.53 Å². The Hall–Kier alpha value is -3.46. The third kappa shape index (κ3) is 6.25. The van der Waals surface area contributed by atoms with Gasteiger partial charge in [0.25, 0.3) is 11.5 Å². The zero-order chi connectivity index (χ0) is 29.1. The summed E-state index contributed by atoms with van der Waals surface area (Å²) in [6.45, 7) is 7.31. The van der Waals surface area contributed by atoms with E-state index in [4.69, 9.17) is 21.3 Å². The van der Waals surface area contributed by atoms with Crippen molar-refractivity contribution in [2.24, 2.45) is 4.99 Å².